The summed E-state index contributed by atoms with van der Waals surface area (Å²) in [6.07, 6.45) is 3.89. The molecule has 2 heterocycles. The number of rotatable bonds is 6. The Bertz CT molecular complexity index is 447. The molecule has 0 aromatic carbocycles. The fourth-order valence-corrected chi connectivity index (χ4v) is 2.71. The molecule has 21 heavy (non-hydrogen) atoms. The van der Waals surface area contributed by atoms with Crippen LogP contribution >= 0.6 is 0 Å². The van der Waals surface area contributed by atoms with Gasteiger partial charge in [-0.15, -0.1) is 0 Å². The molecule has 0 radical (unpaired) electrons. The summed E-state index contributed by atoms with van der Waals surface area (Å²) in [5.74, 6) is 0.875. The second kappa shape index (κ2) is 7.98. The zero-order valence-corrected chi connectivity index (χ0v) is 13.0. The van der Waals surface area contributed by atoms with Gasteiger partial charge in [-0.1, -0.05) is 6.07 Å². The topological polar surface area (TPSA) is 54.5 Å². The van der Waals surface area contributed by atoms with Gasteiger partial charge in [-0.2, -0.15) is 0 Å². The lowest BCUT2D eigenvalue weighted by Gasteiger charge is -2.31. The summed E-state index contributed by atoms with van der Waals surface area (Å²) in [5, 5.41) is 3.19. The van der Waals surface area contributed by atoms with Crippen molar-refractivity contribution in [3.05, 3.63) is 23.9 Å². The molecule has 1 aliphatic rings. The zero-order valence-electron chi connectivity index (χ0n) is 13.0. The predicted octanol–water partition coefficient (Wildman–Crippen LogP) is 2.29. The highest BCUT2D eigenvalue weighted by Crippen LogP contribution is 2.20. The molecule has 1 aromatic rings. The van der Waals surface area contributed by atoms with Gasteiger partial charge in [0.05, 0.1) is 12.5 Å². The van der Waals surface area contributed by atoms with Crippen LogP contribution in [0, 0.1) is 5.92 Å². The minimum atomic E-state index is -0.0529. The van der Waals surface area contributed by atoms with Crippen molar-refractivity contribution in [3.63, 3.8) is 0 Å². The van der Waals surface area contributed by atoms with Gasteiger partial charge in [0.25, 0.3) is 0 Å². The quantitative estimate of drug-likeness (QED) is 0.815. The number of piperidine rings is 1. The maximum absolute atomic E-state index is 11.8. The Labute approximate surface area is 126 Å². The molecule has 1 aromatic heterocycles. The van der Waals surface area contributed by atoms with Crippen LogP contribution in [0.2, 0.25) is 0 Å². The monoisotopic (exact) mass is 291 g/mol. The number of anilines is 1. The molecule has 0 amide bonds. The maximum Gasteiger partial charge on any atom is 0.310 e. The van der Waals surface area contributed by atoms with Crippen LogP contribution in [0.5, 0.6) is 0 Å². The number of nitrogens with zero attached hydrogens (tertiary/aromatic N) is 2. The van der Waals surface area contributed by atoms with Crippen molar-refractivity contribution in [1.82, 2.24) is 9.88 Å². The highest BCUT2D eigenvalue weighted by molar-refractivity contribution is 5.72. The Morgan fingerprint density at radius 3 is 3.00 bits per heavy atom. The van der Waals surface area contributed by atoms with Crippen molar-refractivity contribution in [2.24, 2.45) is 5.92 Å². The van der Waals surface area contributed by atoms with Crippen molar-refractivity contribution >= 4 is 11.8 Å². The lowest BCUT2D eigenvalue weighted by molar-refractivity contribution is -0.150. The molecule has 1 unspecified atom stereocenters. The Morgan fingerprint density at radius 1 is 1.48 bits per heavy atom. The van der Waals surface area contributed by atoms with E-state index in [0.717, 1.165) is 44.8 Å². The second-order valence-electron chi connectivity index (χ2n) is 5.41. The van der Waals surface area contributed by atoms with E-state index in [1.165, 1.54) is 5.56 Å². The molecule has 116 valence electrons. The molecule has 0 saturated carbocycles. The van der Waals surface area contributed by atoms with Crippen molar-refractivity contribution in [2.45, 2.75) is 33.2 Å². The summed E-state index contributed by atoms with van der Waals surface area (Å²) in [6.45, 7) is 7.91. The van der Waals surface area contributed by atoms with Crippen LogP contribution in [-0.4, -0.2) is 42.1 Å². The van der Waals surface area contributed by atoms with E-state index in [1.54, 1.807) is 0 Å². The van der Waals surface area contributed by atoms with Crippen LogP contribution in [0.3, 0.4) is 0 Å². The number of carbonyl (C=O) groups excluding carboxylic acids is 1. The van der Waals surface area contributed by atoms with Gasteiger partial charge in [0.1, 0.15) is 5.82 Å². The smallest absolute Gasteiger partial charge is 0.310 e. The maximum atomic E-state index is 11.8. The van der Waals surface area contributed by atoms with Crippen LogP contribution in [0.15, 0.2) is 18.3 Å². The first-order chi connectivity index (χ1) is 10.2. The van der Waals surface area contributed by atoms with Gasteiger partial charge in [-0.25, -0.2) is 4.98 Å². The minimum absolute atomic E-state index is 0.0210. The molecule has 0 bridgehead atoms. The summed E-state index contributed by atoms with van der Waals surface area (Å²) in [6, 6.07) is 4.10. The highest BCUT2D eigenvalue weighted by atomic mass is 16.5. The van der Waals surface area contributed by atoms with E-state index < -0.39 is 0 Å². The summed E-state index contributed by atoms with van der Waals surface area (Å²) in [7, 11) is 0. The molecule has 1 atom stereocenters. The van der Waals surface area contributed by atoms with Gasteiger partial charge < -0.3 is 10.1 Å². The lowest BCUT2D eigenvalue weighted by Crippen LogP contribution is -2.38. The number of likely N-dealkylation sites (tertiary alicyclic amines) is 1. The fourth-order valence-electron chi connectivity index (χ4n) is 2.71. The number of esters is 1. The van der Waals surface area contributed by atoms with Crippen LogP contribution in [-0.2, 0) is 16.1 Å². The Balaban J connectivity index is 1.88. The van der Waals surface area contributed by atoms with Gasteiger partial charge in [-0.3, -0.25) is 9.69 Å². The van der Waals surface area contributed by atoms with E-state index in [-0.39, 0.29) is 11.9 Å². The van der Waals surface area contributed by atoms with E-state index in [1.807, 2.05) is 19.2 Å². The van der Waals surface area contributed by atoms with Crippen LogP contribution < -0.4 is 5.32 Å². The molecule has 1 N–H and O–H groups in total. The summed E-state index contributed by atoms with van der Waals surface area (Å²) < 4.78 is 5.14. The zero-order chi connectivity index (χ0) is 15.1. The largest absolute Gasteiger partial charge is 0.466 e. The van der Waals surface area contributed by atoms with Crippen LogP contribution in [0.25, 0.3) is 0 Å². The average molecular weight is 291 g/mol. The summed E-state index contributed by atoms with van der Waals surface area (Å²) >= 11 is 0. The molecule has 2 rings (SSSR count). The molecule has 5 heteroatoms. The van der Waals surface area contributed by atoms with E-state index in [2.05, 4.69) is 28.2 Å². The Morgan fingerprint density at radius 2 is 2.33 bits per heavy atom. The highest BCUT2D eigenvalue weighted by Gasteiger charge is 2.26. The van der Waals surface area contributed by atoms with E-state index in [4.69, 9.17) is 4.74 Å². The van der Waals surface area contributed by atoms with Crippen molar-refractivity contribution in [1.29, 1.82) is 0 Å². The van der Waals surface area contributed by atoms with E-state index in [9.17, 15) is 4.79 Å². The number of nitrogens with one attached hydrogen (secondary N) is 1. The van der Waals surface area contributed by atoms with Gasteiger partial charge in [0.15, 0.2) is 0 Å². The average Bonchev–Trinajstić information content (AvgIpc) is 2.50. The molecule has 0 spiro atoms. The molecule has 1 saturated heterocycles. The van der Waals surface area contributed by atoms with E-state index >= 15 is 0 Å². The first-order valence-electron chi connectivity index (χ1n) is 7.80. The molecular formula is C16H25N3O2. The Hall–Kier alpha value is -1.62. The van der Waals surface area contributed by atoms with Crippen molar-refractivity contribution < 1.29 is 9.53 Å². The summed E-state index contributed by atoms with van der Waals surface area (Å²) in [5.41, 5.74) is 1.18. The predicted molar refractivity (Wildman–Crippen MR) is 83.0 cm³/mol. The summed E-state index contributed by atoms with van der Waals surface area (Å²) in [4.78, 5) is 18.5. The van der Waals surface area contributed by atoms with Gasteiger partial charge in [0.2, 0.25) is 0 Å². The standard InChI is InChI=1S/C16H25N3O2/c1-3-17-15-8-7-13(10-18-15)11-19-9-5-6-14(12-19)16(20)21-4-2/h7-8,10,14H,3-6,9,11-12H2,1-2H3,(H,17,18). The second-order valence-corrected chi connectivity index (χ2v) is 5.41. The number of carbonyl (C=O) groups is 1. The number of pyridine rings is 1. The first-order valence-corrected chi connectivity index (χ1v) is 7.80. The van der Waals surface area contributed by atoms with Crippen molar-refractivity contribution in [2.75, 3.05) is 31.6 Å². The minimum Gasteiger partial charge on any atom is -0.466 e. The third-order valence-electron chi connectivity index (χ3n) is 3.71. The van der Waals surface area contributed by atoms with Gasteiger partial charge >= 0.3 is 5.97 Å². The molecule has 1 aliphatic heterocycles. The molecular weight excluding hydrogens is 266 g/mol. The molecule has 5 nitrogen and oxygen atoms in total. The lowest BCUT2D eigenvalue weighted by atomic mass is 9.98. The van der Waals surface area contributed by atoms with Gasteiger partial charge in [-0.05, 0) is 44.9 Å². The van der Waals surface area contributed by atoms with E-state index in [0.29, 0.717) is 6.61 Å². The molecule has 0 aliphatic carbocycles. The van der Waals surface area contributed by atoms with Gasteiger partial charge in [0, 0.05) is 25.8 Å². The van der Waals surface area contributed by atoms with Crippen molar-refractivity contribution in [3.8, 4) is 0 Å². The number of ether oxygens (including phenoxy) is 1. The van der Waals surface area contributed by atoms with Crippen LogP contribution in [0.1, 0.15) is 32.3 Å². The van der Waals surface area contributed by atoms with Crippen LogP contribution in [0.4, 0.5) is 5.82 Å². The first kappa shape index (κ1) is 15.8. The third-order valence-corrected chi connectivity index (χ3v) is 3.71. The number of hydrogen-bond acceptors (Lipinski definition) is 5. The Kier molecular flexibility index (Phi) is 5.99. The third kappa shape index (κ3) is 4.70. The SMILES string of the molecule is CCNc1ccc(CN2CCCC(C(=O)OCC)C2)cn1. The fraction of sp³-hybridized carbons (Fsp3) is 0.625. The molecule has 1 fully saturated rings. The number of aromatic nitrogens is 1. The normalized spacial score (nSPS) is 19.2. The number of hydrogen-bond donors (Lipinski definition) is 1.